The first-order valence-corrected chi connectivity index (χ1v) is 12.9. The number of carboxylic acids is 1. The van der Waals surface area contributed by atoms with Crippen molar-refractivity contribution in [1.82, 2.24) is 4.98 Å². The minimum Gasteiger partial charge on any atom is -0.481 e. The van der Waals surface area contributed by atoms with Crippen LogP contribution in [0, 0.1) is 18.3 Å². The summed E-state index contributed by atoms with van der Waals surface area (Å²) < 4.78 is 1.90. The first-order chi connectivity index (χ1) is 14.7. The van der Waals surface area contributed by atoms with Crippen LogP contribution in [0.5, 0.6) is 0 Å². The Balaban J connectivity index is 1.70. The highest BCUT2D eigenvalue weighted by molar-refractivity contribution is 9.10. The van der Waals surface area contributed by atoms with Crippen molar-refractivity contribution in [3.63, 3.8) is 0 Å². The highest BCUT2D eigenvalue weighted by atomic mass is 79.9. The number of nitrogens with one attached hydrogen (secondary N) is 1. The largest absolute Gasteiger partial charge is 0.481 e. The number of carboxylic acid groups (broad SMARTS) is 1. The van der Waals surface area contributed by atoms with Crippen LogP contribution in [0.2, 0.25) is 0 Å². The van der Waals surface area contributed by atoms with Crippen molar-refractivity contribution in [2.24, 2.45) is 11.3 Å². The molecule has 0 radical (unpaired) electrons. The van der Waals surface area contributed by atoms with E-state index in [0.29, 0.717) is 23.3 Å². The highest BCUT2D eigenvalue weighted by Crippen LogP contribution is 2.34. The molecule has 2 N–H and O–H groups in total. The van der Waals surface area contributed by atoms with Gasteiger partial charge in [0.25, 0.3) is 0 Å². The van der Waals surface area contributed by atoms with Gasteiger partial charge in [0, 0.05) is 22.5 Å². The summed E-state index contributed by atoms with van der Waals surface area (Å²) in [5.74, 6) is 0.116. The van der Waals surface area contributed by atoms with Crippen LogP contribution in [0.15, 0.2) is 33.1 Å². The molecule has 0 unspecified atom stereocenters. The van der Waals surface area contributed by atoms with Gasteiger partial charge in [-0.3, -0.25) is 15.0 Å². The third-order valence-corrected chi connectivity index (χ3v) is 8.92. The van der Waals surface area contributed by atoms with Crippen LogP contribution in [-0.2, 0) is 4.79 Å². The summed E-state index contributed by atoms with van der Waals surface area (Å²) in [6.07, 6.45) is 6.43. The molecule has 0 aliphatic heterocycles. The number of nitrogens with zero attached hydrogens (tertiary/aromatic N) is 2. The van der Waals surface area contributed by atoms with E-state index < -0.39 is 11.4 Å². The van der Waals surface area contributed by atoms with Gasteiger partial charge in [-0.1, -0.05) is 40.1 Å². The third kappa shape index (κ3) is 6.46. The highest BCUT2D eigenvalue weighted by Gasteiger charge is 2.28. The number of rotatable bonds is 8. The second kappa shape index (κ2) is 10.4. The molecule has 9 heteroatoms. The smallest absolute Gasteiger partial charge is 0.328 e. The van der Waals surface area contributed by atoms with Crippen LogP contribution in [0.1, 0.15) is 45.1 Å². The second-order valence-electron chi connectivity index (χ2n) is 8.59. The van der Waals surface area contributed by atoms with E-state index in [1.807, 2.05) is 30.0 Å². The second-order valence-corrected chi connectivity index (χ2v) is 11.7. The Hall–Kier alpha value is -1.58. The molecule has 1 aliphatic carbocycles. The Bertz CT molecular complexity index is 942. The number of carbonyl (C=O) groups is 2. The molecule has 2 amide bonds. The van der Waals surface area contributed by atoms with Crippen LogP contribution in [-0.4, -0.2) is 34.4 Å². The van der Waals surface area contributed by atoms with E-state index >= 15 is 0 Å². The van der Waals surface area contributed by atoms with Gasteiger partial charge in [-0.15, -0.1) is 11.8 Å². The first kappa shape index (κ1) is 24.1. The van der Waals surface area contributed by atoms with Crippen molar-refractivity contribution >= 4 is 61.8 Å². The Kier molecular flexibility index (Phi) is 8.04. The van der Waals surface area contributed by atoms with E-state index in [0.717, 1.165) is 32.8 Å². The number of aromatic nitrogens is 1. The number of anilines is 2. The topological polar surface area (TPSA) is 82.5 Å². The van der Waals surface area contributed by atoms with Crippen LogP contribution in [0.4, 0.5) is 15.6 Å². The fourth-order valence-corrected chi connectivity index (χ4v) is 5.60. The molecule has 168 valence electrons. The zero-order chi connectivity index (χ0) is 22.6. The van der Waals surface area contributed by atoms with Gasteiger partial charge in [0.2, 0.25) is 0 Å². The Morgan fingerprint density at radius 3 is 2.71 bits per heavy atom. The van der Waals surface area contributed by atoms with Crippen LogP contribution in [0.3, 0.4) is 0 Å². The number of carbonyl (C=O) groups excluding carboxylic acids is 1. The monoisotopic (exact) mass is 525 g/mol. The Labute approximate surface area is 200 Å². The molecule has 1 fully saturated rings. The number of thiazole rings is 1. The molecule has 0 spiro atoms. The first-order valence-electron chi connectivity index (χ1n) is 10.3. The zero-order valence-corrected chi connectivity index (χ0v) is 21.2. The van der Waals surface area contributed by atoms with Gasteiger partial charge in [0.1, 0.15) is 0 Å². The summed E-state index contributed by atoms with van der Waals surface area (Å²) in [6, 6.07) is 5.77. The maximum atomic E-state index is 13.2. The van der Waals surface area contributed by atoms with Gasteiger partial charge >= 0.3 is 12.0 Å². The molecule has 0 bridgehead atoms. The molecule has 1 aromatic heterocycles. The SMILES string of the molecule is Cc1cc(N(CC2CCCC2)C(=O)Nc2ncc(SCC(C)(C)C(=O)O)s2)ccc1Br. The molecule has 3 rings (SSSR count). The normalized spacial score (nSPS) is 14.6. The number of urea groups is 1. The lowest BCUT2D eigenvalue weighted by Gasteiger charge is -2.26. The number of thioether (sulfide) groups is 1. The average Bonchev–Trinajstić information content (AvgIpc) is 3.38. The van der Waals surface area contributed by atoms with Crippen molar-refractivity contribution in [1.29, 1.82) is 0 Å². The van der Waals surface area contributed by atoms with Crippen molar-refractivity contribution in [3.8, 4) is 0 Å². The standard InChI is InChI=1S/C22H28BrN3O3S2/c1-14-10-16(8-9-17(14)23)26(12-15-6-4-5-7-15)21(29)25-20-24-11-18(31-20)30-13-22(2,3)19(27)28/h8-11,15H,4-7,12-13H2,1-3H3,(H,27,28)(H,24,25,29). The lowest BCUT2D eigenvalue weighted by atomic mass is 9.97. The fourth-order valence-electron chi connectivity index (χ4n) is 3.41. The third-order valence-electron chi connectivity index (χ3n) is 5.47. The molecular formula is C22H28BrN3O3S2. The van der Waals surface area contributed by atoms with Crippen LogP contribution in [0.25, 0.3) is 0 Å². The minimum absolute atomic E-state index is 0.189. The van der Waals surface area contributed by atoms with Gasteiger partial charge in [-0.25, -0.2) is 9.78 Å². The fraction of sp³-hybridized carbons (Fsp3) is 0.500. The number of halogens is 1. The number of hydrogen-bond donors (Lipinski definition) is 2. The van der Waals surface area contributed by atoms with Crippen molar-refractivity contribution in [2.45, 2.75) is 50.7 Å². The van der Waals surface area contributed by atoms with Crippen molar-refractivity contribution < 1.29 is 14.7 Å². The summed E-state index contributed by atoms with van der Waals surface area (Å²) in [5.41, 5.74) is 1.13. The molecule has 0 atom stereocenters. The Morgan fingerprint density at radius 2 is 2.06 bits per heavy atom. The van der Waals surface area contributed by atoms with E-state index in [1.165, 1.54) is 35.9 Å². The van der Waals surface area contributed by atoms with E-state index in [4.69, 9.17) is 0 Å². The Morgan fingerprint density at radius 1 is 1.35 bits per heavy atom. The molecule has 31 heavy (non-hydrogen) atoms. The molecule has 1 heterocycles. The quantitative estimate of drug-likeness (QED) is 0.377. The summed E-state index contributed by atoms with van der Waals surface area (Å²) in [4.78, 5) is 30.6. The van der Waals surface area contributed by atoms with E-state index in [-0.39, 0.29) is 6.03 Å². The maximum Gasteiger partial charge on any atom is 0.328 e. The van der Waals surface area contributed by atoms with Gasteiger partial charge in [0.15, 0.2) is 5.13 Å². The minimum atomic E-state index is -0.828. The summed E-state index contributed by atoms with van der Waals surface area (Å²) >= 11 is 6.34. The van der Waals surface area contributed by atoms with Gasteiger partial charge < -0.3 is 5.11 Å². The molecule has 2 aromatic rings. The molecule has 1 aliphatic rings. The number of aryl methyl sites for hydroxylation is 1. The number of hydrogen-bond acceptors (Lipinski definition) is 5. The molecule has 0 saturated heterocycles. The lowest BCUT2D eigenvalue weighted by molar-refractivity contribution is -0.145. The van der Waals surface area contributed by atoms with E-state index in [9.17, 15) is 14.7 Å². The summed E-state index contributed by atoms with van der Waals surface area (Å²) in [6.45, 7) is 6.11. The lowest BCUT2D eigenvalue weighted by Crippen LogP contribution is -2.38. The van der Waals surface area contributed by atoms with Crippen LogP contribution < -0.4 is 10.2 Å². The summed E-state index contributed by atoms with van der Waals surface area (Å²) in [5, 5.41) is 12.7. The molecule has 1 saturated carbocycles. The maximum absolute atomic E-state index is 13.2. The number of benzene rings is 1. The van der Waals surface area contributed by atoms with Gasteiger partial charge in [-0.05, 0) is 63.3 Å². The predicted octanol–water partition coefficient (Wildman–Crippen LogP) is 6.65. The van der Waals surface area contributed by atoms with Crippen LogP contribution >= 0.6 is 39.0 Å². The number of aliphatic carboxylic acids is 1. The molecule has 6 nitrogen and oxygen atoms in total. The number of amides is 2. The predicted molar refractivity (Wildman–Crippen MR) is 131 cm³/mol. The average molecular weight is 527 g/mol. The van der Waals surface area contributed by atoms with Crippen molar-refractivity contribution in [2.75, 3.05) is 22.5 Å². The van der Waals surface area contributed by atoms with Gasteiger partial charge in [0.05, 0.1) is 15.8 Å². The molecular weight excluding hydrogens is 498 g/mol. The van der Waals surface area contributed by atoms with E-state index in [1.54, 1.807) is 20.0 Å². The zero-order valence-electron chi connectivity index (χ0n) is 18.0. The van der Waals surface area contributed by atoms with E-state index in [2.05, 4.69) is 26.2 Å². The van der Waals surface area contributed by atoms with Crippen molar-refractivity contribution in [3.05, 3.63) is 34.4 Å². The summed E-state index contributed by atoms with van der Waals surface area (Å²) in [7, 11) is 0. The van der Waals surface area contributed by atoms with Gasteiger partial charge in [-0.2, -0.15) is 0 Å². The molecule has 1 aromatic carbocycles.